The summed E-state index contributed by atoms with van der Waals surface area (Å²) in [5, 5.41) is 8.34. The van der Waals surface area contributed by atoms with Crippen molar-refractivity contribution in [1.29, 1.82) is 5.41 Å². The normalized spacial score (nSPS) is 23.0. The Morgan fingerprint density at radius 1 is 1.20 bits per heavy atom. The van der Waals surface area contributed by atoms with Crippen molar-refractivity contribution in [3.63, 3.8) is 0 Å². The lowest BCUT2D eigenvalue weighted by atomic mass is 9.73. The molecule has 0 aromatic rings. The molecule has 0 amide bonds. The molecule has 1 fully saturated rings. The summed E-state index contributed by atoms with van der Waals surface area (Å²) in [5.41, 5.74) is 6.62. The highest BCUT2D eigenvalue weighted by atomic mass is 16.1. The Labute approximate surface area is 152 Å². The van der Waals surface area contributed by atoms with Gasteiger partial charge in [-0.05, 0) is 57.8 Å². The van der Waals surface area contributed by atoms with Crippen LogP contribution in [0.3, 0.4) is 0 Å². The summed E-state index contributed by atoms with van der Waals surface area (Å²) in [6.07, 6.45) is 9.77. The summed E-state index contributed by atoms with van der Waals surface area (Å²) in [5.74, 6) is 0.290. The molecule has 0 bridgehead atoms. The fraction of sp³-hybridized carbons (Fsp3) is 0.667. The molecule has 1 unspecified atom stereocenters. The van der Waals surface area contributed by atoms with Gasteiger partial charge in [0, 0.05) is 12.5 Å². The van der Waals surface area contributed by atoms with Crippen molar-refractivity contribution >= 4 is 17.3 Å². The molecule has 0 spiro atoms. The number of carbonyl (C=O) groups excluding carboxylic acids is 2. The first kappa shape index (κ1) is 21.5. The van der Waals surface area contributed by atoms with Crippen molar-refractivity contribution < 1.29 is 9.59 Å². The first-order valence-electron chi connectivity index (χ1n) is 9.45. The summed E-state index contributed by atoms with van der Waals surface area (Å²) in [7, 11) is 0. The van der Waals surface area contributed by atoms with Crippen LogP contribution >= 0.6 is 0 Å². The largest absolute Gasteiger partial charge is 0.327 e. The SMILES string of the molecule is CC=CC=C(CN)CC(C(=N)C(=O)C1CCC(C(C)C)CC1)C(C)=O. The van der Waals surface area contributed by atoms with E-state index < -0.39 is 5.92 Å². The number of carbonyl (C=O) groups is 2. The van der Waals surface area contributed by atoms with E-state index in [0.717, 1.165) is 31.3 Å². The molecule has 1 atom stereocenters. The van der Waals surface area contributed by atoms with E-state index in [9.17, 15) is 9.59 Å². The minimum atomic E-state index is -0.671. The Kier molecular flexibility index (Phi) is 8.98. The number of ketones is 2. The Morgan fingerprint density at radius 2 is 1.80 bits per heavy atom. The Hall–Kier alpha value is -1.55. The van der Waals surface area contributed by atoms with Gasteiger partial charge in [0.1, 0.15) is 5.78 Å². The molecular weight excluding hydrogens is 312 g/mol. The molecule has 1 rings (SSSR count). The van der Waals surface area contributed by atoms with Crippen LogP contribution in [0.25, 0.3) is 0 Å². The third-order valence-electron chi connectivity index (χ3n) is 5.44. The van der Waals surface area contributed by atoms with Crippen LogP contribution < -0.4 is 5.73 Å². The molecule has 1 saturated carbocycles. The fourth-order valence-electron chi connectivity index (χ4n) is 3.60. The lowest BCUT2D eigenvalue weighted by Crippen LogP contribution is -2.35. The van der Waals surface area contributed by atoms with Gasteiger partial charge in [-0.2, -0.15) is 0 Å². The van der Waals surface area contributed by atoms with Crippen LogP contribution in [0.1, 0.15) is 59.8 Å². The molecule has 4 nitrogen and oxygen atoms in total. The average Bonchev–Trinajstić information content (AvgIpc) is 2.60. The molecule has 0 aromatic carbocycles. The number of Topliss-reactive ketones (excluding diaryl/α,β-unsaturated/α-hetero) is 2. The van der Waals surface area contributed by atoms with Gasteiger partial charge in [0.2, 0.25) is 0 Å². The van der Waals surface area contributed by atoms with Gasteiger partial charge in [0.05, 0.1) is 11.6 Å². The van der Waals surface area contributed by atoms with Crippen LogP contribution in [-0.2, 0) is 9.59 Å². The molecule has 25 heavy (non-hydrogen) atoms. The van der Waals surface area contributed by atoms with Crippen molar-refractivity contribution in [2.24, 2.45) is 29.4 Å². The second-order valence-electron chi connectivity index (χ2n) is 7.56. The predicted molar refractivity (Wildman–Crippen MR) is 104 cm³/mol. The summed E-state index contributed by atoms with van der Waals surface area (Å²) in [6, 6.07) is 0. The lowest BCUT2D eigenvalue weighted by molar-refractivity contribution is -0.122. The summed E-state index contributed by atoms with van der Waals surface area (Å²) < 4.78 is 0. The minimum absolute atomic E-state index is 0.0275. The molecule has 0 saturated heterocycles. The predicted octanol–water partition coefficient (Wildman–Crippen LogP) is 4.09. The highest BCUT2D eigenvalue weighted by Crippen LogP contribution is 2.34. The topological polar surface area (TPSA) is 84.0 Å². The smallest absolute Gasteiger partial charge is 0.180 e. The highest BCUT2D eigenvalue weighted by Gasteiger charge is 2.33. The van der Waals surface area contributed by atoms with E-state index in [1.54, 1.807) is 0 Å². The Balaban J connectivity index is 2.79. The number of hydrogen-bond donors (Lipinski definition) is 2. The maximum Gasteiger partial charge on any atom is 0.180 e. The zero-order valence-electron chi connectivity index (χ0n) is 16.2. The van der Waals surface area contributed by atoms with Gasteiger partial charge in [-0.3, -0.25) is 9.59 Å². The monoisotopic (exact) mass is 346 g/mol. The molecule has 0 aliphatic heterocycles. The van der Waals surface area contributed by atoms with Crippen LogP contribution in [0.2, 0.25) is 0 Å². The van der Waals surface area contributed by atoms with E-state index in [-0.39, 0.29) is 23.2 Å². The van der Waals surface area contributed by atoms with Gasteiger partial charge in [0.15, 0.2) is 5.78 Å². The second kappa shape index (κ2) is 10.4. The van der Waals surface area contributed by atoms with Crippen molar-refractivity contribution in [1.82, 2.24) is 0 Å². The van der Waals surface area contributed by atoms with Gasteiger partial charge < -0.3 is 11.1 Å². The number of allylic oxidation sites excluding steroid dienone is 3. The van der Waals surface area contributed by atoms with Crippen LogP contribution in [0, 0.1) is 29.1 Å². The van der Waals surface area contributed by atoms with E-state index in [1.807, 2.05) is 25.2 Å². The lowest BCUT2D eigenvalue weighted by Gasteiger charge is -2.30. The molecule has 0 heterocycles. The molecule has 0 radical (unpaired) electrons. The number of rotatable bonds is 9. The Morgan fingerprint density at radius 3 is 2.24 bits per heavy atom. The van der Waals surface area contributed by atoms with Crippen LogP contribution in [0.5, 0.6) is 0 Å². The second-order valence-corrected chi connectivity index (χ2v) is 7.56. The zero-order chi connectivity index (χ0) is 19.0. The van der Waals surface area contributed by atoms with Gasteiger partial charge in [-0.15, -0.1) is 0 Å². The molecule has 3 N–H and O–H groups in total. The van der Waals surface area contributed by atoms with E-state index in [4.69, 9.17) is 11.1 Å². The summed E-state index contributed by atoms with van der Waals surface area (Å²) in [6.45, 7) is 8.16. The molecule has 1 aliphatic rings. The van der Waals surface area contributed by atoms with Crippen molar-refractivity contribution in [3.8, 4) is 0 Å². The molecule has 4 heteroatoms. The third-order valence-corrected chi connectivity index (χ3v) is 5.44. The quantitative estimate of drug-likeness (QED) is 0.487. The standard InChI is InChI=1S/C21H34N2O2/c1-5-6-7-16(13-22)12-19(15(4)24)20(23)21(25)18-10-8-17(9-11-18)14(2)3/h5-7,14,17-19,23H,8-13,22H2,1-4H3. The van der Waals surface area contributed by atoms with Crippen LogP contribution in [0.15, 0.2) is 23.8 Å². The maximum atomic E-state index is 12.8. The maximum absolute atomic E-state index is 12.8. The zero-order valence-corrected chi connectivity index (χ0v) is 16.2. The highest BCUT2D eigenvalue weighted by molar-refractivity contribution is 6.43. The fourth-order valence-corrected chi connectivity index (χ4v) is 3.60. The van der Waals surface area contributed by atoms with Crippen molar-refractivity contribution in [2.45, 2.75) is 59.8 Å². The molecule has 140 valence electrons. The van der Waals surface area contributed by atoms with E-state index >= 15 is 0 Å². The van der Waals surface area contributed by atoms with Crippen molar-refractivity contribution in [2.75, 3.05) is 6.54 Å². The van der Waals surface area contributed by atoms with E-state index in [0.29, 0.717) is 24.8 Å². The van der Waals surface area contributed by atoms with E-state index in [2.05, 4.69) is 13.8 Å². The first-order valence-corrected chi connectivity index (χ1v) is 9.45. The van der Waals surface area contributed by atoms with Crippen LogP contribution in [-0.4, -0.2) is 23.8 Å². The van der Waals surface area contributed by atoms with Gasteiger partial charge in [0.25, 0.3) is 0 Å². The number of nitrogens with one attached hydrogen (secondary N) is 1. The third kappa shape index (κ3) is 6.35. The average molecular weight is 347 g/mol. The van der Waals surface area contributed by atoms with Crippen molar-refractivity contribution in [3.05, 3.63) is 23.8 Å². The first-order chi connectivity index (χ1) is 11.8. The molecule has 0 aromatic heterocycles. The number of hydrogen-bond acceptors (Lipinski definition) is 4. The molecule has 1 aliphatic carbocycles. The van der Waals surface area contributed by atoms with Gasteiger partial charge >= 0.3 is 0 Å². The van der Waals surface area contributed by atoms with Gasteiger partial charge in [-0.25, -0.2) is 0 Å². The Bertz CT molecular complexity index is 538. The van der Waals surface area contributed by atoms with Crippen LogP contribution in [0.4, 0.5) is 0 Å². The summed E-state index contributed by atoms with van der Waals surface area (Å²) >= 11 is 0. The molecular formula is C21H34N2O2. The van der Waals surface area contributed by atoms with Gasteiger partial charge in [-0.1, -0.05) is 37.6 Å². The minimum Gasteiger partial charge on any atom is -0.327 e. The number of nitrogens with two attached hydrogens (primary N) is 1. The van der Waals surface area contributed by atoms with E-state index in [1.165, 1.54) is 6.92 Å². The summed E-state index contributed by atoms with van der Waals surface area (Å²) in [4.78, 5) is 24.8.